The second kappa shape index (κ2) is 9.34. The molecule has 0 aromatic carbocycles. The number of amides is 1. The van der Waals surface area contributed by atoms with Gasteiger partial charge in [0, 0.05) is 49.6 Å². The standard InChI is InChI=1S/C20H27N5O2S/c26-20(21-6-3-17-2-1-13-28-17)16-4-7-24(8-5-16)18-14-19(23-15-22-18)25-9-11-27-12-10-25/h1-2,13-16H,3-12H2,(H,21,26). The Kier molecular flexibility index (Phi) is 6.38. The highest BCUT2D eigenvalue weighted by Crippen LogP contribution is 2.24. The number of morpholine rings is 1. The number of ether oxygens (including phenoxy) is 1. The molecular formula is C20H27N5O2S. The molecule has 0 radical (unpaired) electrons. The van der Waals surface area contributed by atoms with Crippen LogP contribution in [0.3, 0.4) is 0 Å². The van der Waals surface area contributed by atoms with Gasteiger partial charge in [-0.3, -0.25) is 4.79 Å². The maximum Gasteiger partial charge on any atom is 0.223 e. The first-order chi connectivity index (χ1) is 13.8. The Labute approximate surface area is 169 Å². The van der Waals surface area contributed by atoms with Gasteiger partial charge in [-0.2, -0.15) is 0 Å². The predicted octanol–water partition coefficient (Wildman–Crippen LogP) is 1.95. The molecule has 8 heteroatoms. The summed E-state index contributed by atoms with van der Waals surface area (Å²) in [6.07, 6.45) is 4.28. The maximum absolute atomic E-state index is 12.5. The molecule has 28 heavy (non-hydrogen) atoms. The Morgan fingerprint density at radius 3 is 2.54 bits per heavy atom. The molecule has 2 fully saturated rings. The molecule has 0 unspecified atom stereocenters. The highest BCUT2D eigenvalue weighted by atomic mass is 32.1. The van der Waals surface area contributed by atoms with Crippen molar-refractivity contribution in [3.05, 3.63) is 34.8 Å². The Bertz CT molecular complexity index is 756. The molecule has 0 spiro atoms. The summed E-state index contributed by atoms with van der Waals surface area (Å²) in [5.41, 5.74) is 0. The maximum atomic E-state index is 12.5. The van der Waals surface area contributed by atoms with E-state index in [-0.39, 0.29) is 11.8 Å². The van der Waals surface area contributed by atoms with Gasteiger partial charge in [0.1, 0.15) is 18.0 Å². The van der Waals surface area contributed by atoms with E-state index in [0.717, 1.165) is 70.3 Å². The van der Waals surface area contributed by atoms with Gasteiger partial charge in [-0.1, -0.05) is 6.07 Å². The second-order valence-electron chi connectivity index (χ2n) is 7.22. The SMILES string of the molecule is O=C(NCCc1cccs1)C1CCN(c2cc(N3CCOCC3)ncn2)CC1. The third kappa shape index (κ3) is 4.80. The first-order valence-electron chi connectivity index (χ1n) is 9.99. The van der Waals surface area contributed by atoms with Crippen LogP contribution in [-0.4, -0.2) is 61.8 Å². The number of aromatic nitrogens is 2. The average molecular weight is 402 g/mol. The lowest BCUT2D eigenvalue weighted by molar-refractivity contribution is -0.125. The van der Waals surface area contributed by atoms with Crippen molar-refractivity contribution in [3.8, 4) is 0 Å². The molecule has 2 aromatic rings. The molecule has 0 saturated carbocycles. The van der Waals surface area contributed by atoms with Crippen LogP contribution in [0.5, 0.6) is 0 Å². The zero-order chi connectivity index (χ0) is 19.2. The van der Waals surface area contributed by atoms with Gasteiger partial charge in [-0.05, 0) is 30.7 Å². The number of hydrogen-bond donors (Lipinski definition) is 1. The lowest BCUT2D eigenvalue weighted by Crippen LogP contribution is -2.41. The quantitative estimate of drug-likeness (QED) is 0.798. The molecule has 4 heterocycles. The summed E-state index contributed by atoms with van der Waals surface area (Å²) < 4.78 is 5.42. The van der Waals surface area contributed by atoms with Gasteiger partial charge >= 0.3 is 0 Å². The second-order valence-corrected chi connectivity index (χ2v) is 8.25. The van der Waals surface area contributed by atoms with Crippen LogP contribution in [-0.2, 0) is 16.0 Å². The van der Waals surface area contributed by atoms with Gasteiger partial charge < -0.3 is 19.9 Å². The summed E-state index contributed by atoms with van der Waals surface area (Å²) in [7, 11) is 0. The van der Waals surface area contributed by atoms with E-state index in [9.17, 15) is 4.79 Å². The molecule has 0 atom stereocenters. The van der Waals surface area contributed by atoms with E-state index < -0.39 is 0 Å². The number of hydrogen-bond acceptors (Lipinski definition) is 7. The van der Waals surface area contributed by atoms with Crippen molar-refractivity contribution in [2.75, 3.05) is 55.7 Å². The number of anilines is 2. The highest BCUT2D eigenvalue weighted by molar-refractivity contribution is 7.09. The van der Waals surface area contributed by atoms with Crippen LogP contribution >= 0.6 is 11.3 Å². The third-order valence-electron chi connectivity index (χ3n) is 5.41. The van der Waals surface area contributed by atoms with Crippen molar-refractivity contribution in [2.24, 2.45) is 5.92 Å². The normalized spacial score (nSPS) is 18.3. The largest absolute Gasteiger partial charge is 0.378 e. The van der Waals surface area contributed by atoms with Crippen molar-refractivity contribution in [1.82, 2.24) is 15.3 Å². The fourth-order valence-corrected chi connectivity index (χ4v) is 4.46. The highest BCUT2D eigenvalue weighted by Gasteiger charge is 2.26. The zero-order valence-electron chi connectivity index (χ0n) is 16.0. The molecular weight excluding hydrogens is 374 g/mol. The van der Waals surface area contributed by atoms with Crippen molar-refractivity contribution in [2.45, 2.75) is 19.3 Å². The number of nitrogens with one attached hydrogen (secondary N) is 1. The number of carbonyl (C=O) groups is 1. The molecule has 2 aliphatic heterocycles. The van der Waals surface area contributed by atoms with Gasteiger partial charge in [0.2, 0.25) is 5.91 Å². The first kappa shape index (κ1) is 19.1. The molecule has 2 aliphatic rings. The van der Waals surface area contributed by atoms with Crippen LogP contribution in [0, 0.1) is 5.92 Å². The predicted molar refractivity (Wildman–Crippen MR) is 111 cm³/mol. The van der Waals surface area contributed by atoms with Crippen LogP contribution in [0.25, 0.3) is 0 Å². The lowest BCUT2D eigenvalue weighted by atomic mass is 9.96. The molecule has 4 rings (SSSR count). The van der Waals surface area contributed by atoms with E-state index in [0.29, 0.717) is 6.54 Å². The van der Waals surface area contributed by atoms with Crippen LogP contribution in [0.1, 0.15) is 17.7 Å². The Morgan fingerprint density at radius 2 is 1.86 bits per heavy atom. The van der Waals surface area contributed by atoms with Crippen LogP contribution in [0.2, 0.25) is 0 Å². The minimum atomic E-state index is 0.0973. The molecule has 0 aliphatic carbocycles. The smallest absolute Gasteiger partial charge is 0.223 e. The van der Waals surface area contributed by atoms with Crippen LogP contribution in [0.15, 0.2) is 29.9 Å². The molecule has 1 amide bonds. The van der Waals surface area contributed by atoms with E-state index in [1.807, 2.05) is 0 Å². The molecule has 0 bridgehead atoms. The average Bonchev–Trinajstić information content (AvgIpc) is 3.28. The first-order valence-corrected chi connectivity index (χ1v) is 10.9. The van der Waals surface area contributed by atoms with E-state index in [1.165, 1.54) is 4.88 Å². The van der Waals surface area contributed by atoms with Crippen molar-refractivity contribution in [3.63, 3.8) is 0 Å². The number of nitrogens with zero attached hydrogens (tertiary/aromatic N) is 4. The van der Waals surface area contributed by atoms with E-state index in [1.54, 1.807) is 17.7 Å². The summed E-state index contributed by atoms with van der Waals surface area (Å²) in [6.45, 7) is 5.63. The van der Waals surface area contributed by atoms with Gasteiger partial charge in [0.15, 0.2) is 0 Å². The van der Waals surface area contributed by atoms with Crippen LogP contribution in [0.4, 0.5) is 11.6 Å². The van der Waals surface area contributed by atoms with Crippen molar-refractivity contribution in [1.29, 1.82) is 0 Å². The van der Waals surface area contributed by atoms with Gasteiger partial charge in [-0.25, -0.2) is 9.97 Å². The fraction of sp³-hybridized carbons (Fsp3) is 0.550. The van der Waals surface area contributed by atoms with Gasteiger partial charge in [0.25, 0.3) is 0 Å². The van der Waals surface area contributed by atoms with Crippen molar-refractivity contribution >= 4 is 28.9 Å². The number of rotatable bonds is 6. The lowest BCUT2D eigenvalue weighted by Gasteiger charge is -2.33. The number of piperidine rings is 1. The summed E-state index contributed by atoms with van der Waals surface area (Å²) in [5.74, 6) is 2.20. The van der Waals surface area contributed by atoms with E-state index >= 15 is 0 Å². The van der Waals surface area contributed by atoms with E-state index in [4.69, 9.17) is 4.74 Å². The molecule has 2 saturated heterocycles. The number of thiophene rings is 1. The Hall–Kier alpha value is -2.19. The molecule has 7 nitrogen and oxygen atoms in total. The summed E-state index contributed by atoms with van der Waals surface area (Å²) in [6, 6.07) is 6.23. The minimum absolute atomic E-state index is 0.0973. The molecule has 1 N–H and O–H groups in total. The van der Waals surface area contributed by atoms with Gasteiger partial charge in [-0.15, -0.1) is 11.3 Å². The summed E-state index contributed by atoms with van der Waals surface area (Å²) in [5, 5.41) is 5.18. The van der Waals surface area contributed by atoms with Crippen molar-refractivity contribution < 1.29 is 9.53 Å². The summed E-state index contributed by atoms with van der Waals surface area (Å²) >= 11 is 1.74. The van der Waals surface area contributed by atoms with E-state index in [2.05, 4.69) is 48.7 Å². The van der Waals surface area contributed by atoms with Crippen LogP contribution < -0.4 is 15.1 Å². The topological polar surface area (TPSA) is 70.6 Å². The number of carbonyl (C=O) groups excluding carboxylic acids is 1. The Balaban J connectivity index is 1.26. The Morgan fingerprint density at radius 1 is 1.14 bits per heavy atom. The monoisotopic (exact) mass is 401 g/mol. The third-order valence-corrected chi connectivity index (χ3v) is 6.35. The molecule has 150 valence electrons. The summed E-state index contributed by atoms with van der Waals surface area (Å²) in [4.78, 5) is 27.2. The minimum Gasteiger partial charge on any atom is -0.378 e. The van der Waals surface area contributed by atoms with Gasteiger partial charge in [0.05, 0.1) is 13.2 Å². The molecule has 2 aromatic heterocycles. The fourth-order valence-electron chi connectivity index (χ4n) is 3.75. The zero-order valence-corrected chi connectivity index (χ0v) is 16.9.